The Hall–Kier alpha value is -2.23. The number of benzene rings is 2. The summed E-state index contributed by atoms with van der Waals surface area (Å²) < 4.78 is 18.9. The van der Waals surface area contributed by atoms with Crippen LogP contribution in [-0.2, 0) is 6.61 Å². The molecule has 0 bridgehead atoms. The first-order valence-corrected chi connectivity index (χ1v) is 5.17. The first-order valence-electron chi connectivity index (χ1n) is 5.17. The maximum Gasteiger partial charge on any atom is 0.131 e. The fourth-order valence-electron chi connectivity index (χ4n) is 1.41. The van der Waals surface area contributed by atoms with Crippen LogP contribution in [0.1, 0.15) is 5.56 Å². The SMILES string of the molecule is Nc1ccc(OCc2ccc(N)cc2F)cc1. The number of ether oxygens (including phenoxy) is 1. The molecule has 0 fully saturated rings. The molecule has 0 saturated carbocycles. The van der Waals surface area contributed by atoms with Gasteiger partial charge in [0.2, 0.25) is 0 Å². The molecule has 2 aromatic carbocycles. The minimum atomic E-state index is -0.361. The molecule has 0 saturated heterocycles. The first-order chi connectivity index (χ1) is 8.15. The number of nitrogen functional groups attached to an aromatic ring is 2. The molecule has 2 aromatic rings. The van der Waals surface area contributed by atoms with Crippen LogP contribution in [0.3, 0.4) is 0 Å². The highest BCUT2D eigenvalue weighted by molar-refractivity contribution is 5.42. The molecule has 4 heteroatoms. The standard InChI is InChI=1S/C13H13FN2O/c14-13-7-11(16)2-1-9(13)8-17-12-5-3-10(15)4-6-12/h1-7H,8,15-16H2. The summed E-state index contributed by atoms with van der Waals surface area (Å²) in [5, 5.41) is 0. The molecule has 0 unspecified atom stereocenters. The van der Waals surface area contributed by atoms with E-state index in [4.69, 9.17) is 16.2 Å². The van der Waals surface area contributed by atoms with E-state index in [2.05, 4.69) is 0 Å². The number of hydrogen-bond donors (Lipinski definition) is 2. The van der Waals surface area contributed by atoms with E-state index in [0.717, 1.165) is 0 Å². The van der Waals surface area contributed by atoms with Gasteiger partial charge in [-0.15, -0.1) is 0 Å². The normalized spacial score (nSPS) is 10.2. The highest BCUT2D eigenvalue weighted by Gasteiger charge is 2.03. The lowest BCUT2D eigenvalue weighted by Gasteiger charge is -2.07. The van der Waals surface area contributed by atoms with Gasteiger partial charge in [-0.1, -0.05) is 6.07 Å². The van der Waals surface area contributed by atoms with Crippen LogP contribution in [0.15, 0.2) is 42.5 Å². The van der Waals surface area contributed by atoms with Gasteiger partial charge in [0, 0.05) is 16.9 Å². The van der Waals surface area contributed by atoms with Crippen molar-refractivity contribution in [3.05, 3.63) is 53.8 Å². The Morgan fingerprint density at radius 3 is 2.24 bits per heavy atom. The van der Waals surface area contributed by atoms with Gasteiger partial charge in [-0.2, -0.15) is 0 Å². The largest absolute Gasteiger partial charge is 0.489 e. The van der Waals surface area contributed by atoms with Crippen molar-refractivity contribution < 1.29 is 9.13 Å². The summed E-state index contributed by atoms with van der Waals surface area (Å²) in [7, 11) is 0. The van der Waals surface area contributed by atoms with Crippen molar-refractivity contribution in [3.8, 4) is 5.75 Å². The van der Waals surface area contributed by atoms with Crippen LogP contribution in [0.2, 0.25) is 0 Å². The van der Waals surface area contributed by atoms with Crippen LogP contribution < -0.4 is 16.2 Å². The van der Waals surface area contributed by atoms with E-state index in [-0.39, 0.29) is 12.4 Å². The Morgan fingerprint density at radius 1 is 0.941 bits per heavy atom. The minimum absolute atomic E-state index is 0.163. The molecule has 0 aliphatic carbocycles. The van der Waals surface area contributed by atoms with Gasteiger partial charge in [0.05, 0.1) is 0 Å². The first kappa shape index (κ1) is 11.3. The fourth-order valence-corrected chi connectivity index (χ4v) is 1.41. The molecule has 17 heavy (non-hydrogen) atoms. The average molecular weight is 232 g/mol. The zero-order valence-corrected chi connectivity index (χ0v) is 9.19. The highest BCUT2D eigenvalue weighted by atomic mass is 19.1. The molecule has 0 aromatic heterocycles. The second-order valence-electron chi connectivity index (χ2n) is 3.71. The summed E-state index contributed by atoms with van der Waals surface area (Å²) >= 11 is 0. The number of anilines is 2. The summed E-state index contributed by atoms with van der Waals surface area (Å²) in [5.41, 5.74) is 12.5. The molecular weight excluding hydrogens is 219 g/mol. The van der Waals surface area contributed by atoms with Crippen molar-refractivity contribution in [1.82, 2.24) is 0 Å². The number of rotatable bonds is 3. The van der Waals surface area contributed by atoms with E-state index in [0.29, 0.717) is 22.7 Å². The van der Waals surface area contributed by atoms with Crippen LogP contribution in [0.25, 0.3) is 0 Å². The Kier molecular flexibility index (Phi) is 3.14. The summed E-state index contributed by atoms with van der Waals surface area (Å²) in [6.07, 6.45) is 0. The van der Waals surface area contributed by atoms with Gasteiger partial charge in [0.1, 0.15) is 18.2 Å². The van der Waals surface area contributed by atoms with E-state index >= 15 is 0 Å². The molecule has 4 N–H and O–H groups in total. The van der Waals surface area contributed by atoms with Crippen LogP contribution in [0.4, 0.5) is 15.8 Å². The Labute approximate surface area is 98.8 Å². The van der Waals surface area contributed by atoms with E-state index < -0.39 is 0 Å². The predicted molar refractivity (Wildman–Crippen MR) is 66.0 cm³/mol. The topological polar surface area (TPSA) is 61.3 Å². The summed E-state index contributed by atoms with van der Waals surface area (Å²) in [6.45, 7) is 0.163. The van der Waals surface area contributed by atoms with Gasteiger partial charge < -0.3 is 16.2 Å². The molecule has 0 heterocycles. The molecule has 0 spiro atoms. The lowest BCUT2D eigenvalue weighted by Crippen LogP contribution is -1.99. The third-order valence-electron chi connectivity index (χ3n) is 2.35. The van der Waals surface area contributed by atoms with Gasteiger partial charge in [0.15, 0.2) is 0 Å². The van der Waals surface area contributed by atoms with Gasteiger partial charge in [-0.25, -0.2) is 4.39 Å². The van der Waals surface area contributed by atoms with E-state index in [9.17, 15) is 4.39 Å². The number of halogens is 1. The molecule has 0 atom stereocenters. The van der Waals surface area contributed by atoms with Crippen LogP contribution in [0, 0.1) is 5.82 Å². The summed E-state index contributed by atoms with van der Waals surface area (Å²) in [6, 6.07) is 11.5. The van der Waals surface area contributed by atoms with Crippen molar-refractivity contribution in [3.63, 3.8) is 0 Å². The van der Waals surface area contributed by atoms with Crippen molar-refractivity contribution in [2.24, 2.45) is 0 Å². The molecule has 0 amide bonds. The zero-order chi connectivity index (χ0) is 12.3. The Balaban J connectivity index is 2.04. The maximum atomic E-state index is 13.4. The quantitative estimate of drug-likeness (QED) is 0.799. The molecule has 0 radical (unpaired) electrons. The second-order valence-corrected chi connectivity index (χ2v) is 3.71. The zero-order valence-electron chi connectivity index (χ0n) is 9.19. The van der Waals surface area contributed by atoms with Gasteiger partial charge >= 0.3 is 0 Å². The average Bonchev–Trinajstić information content (AvgIpc) is 2.30. The fraction of sp³-hybridized carbons (Fsp3) is 0.0769. The number of hydrogen-bond acceptors (Lipinski definition) is 3. The van der Waals surface area contributed by atoms with Crippen LogP contribution in [0.5, 0.6) is 5.75 Å². The van der Waals surface area contributed by atoms with Gasteiger partial charge in [0.25, 0.3) is 0 Å². The van der Waals surface area contributed by atoms with Crippen molar-refractivity contribution in [2.75, 3.05) is 11.5 Å². The molecule has 0 aliphatic rings. The highest BCUT2D eigenvalue weighted by Crippen LogP contribution is 2.17. The smallest absolute Gasteiger partial charge is 0.131 e. The van der Waals surface area contributed by atoms with Crippen LogP contribution >= 0.6 is 0 Å². The summed E-state index contributed by atoms with van der Waals surface area (Å²) in [5.74, 6) is 0.288. The third-order valence-corrected chi connectivity index (χ3v) is 2.35. The second kappa shape index (κ2) is 4.74. The van der Waals surface area contributed by atoms with E-state index in [1.807, 2.05) is 0 Å². The molecule has 3 nitrogen and oxygen atoms in total. The van der Waals surface area contributed by atoms with Gasteiger partial charge in [-0.3, -0.25) is 0 Å². The van der Waals surface area contributed by atoms with Crippen LogP contribution in [-0.4, -0.2) is 0 Å². The van der Waals surface area contributed by atoms with Crippen molar-refractivity contribution >= 4 is 11.4 Å². The summed E-state index contributed by atoms with van der Waals surface area (Å²) in [4.78, 5) is 0. The molecule has 88 valence electrons. The van der Waals surface area contributed by atoms with Gasteiger partial charge in [-0.05, 0) is 36.4 Å². The predicted octanol–water partition coefficient (Wildman–Crippen LogP) is 2.57. The number of nitrogens with two attached hydrogens (primary N) is 2. The lowest BCUT2D eigenvalue weighted by atomic mass is 10.2. The monoisotopic (exact) mass is 232 g/mol. The molecular formula is C13H13FN2O. The van der Waals surface area contributed by atoms with E-state index in [1.165, 1.54) is 6.07 Å². The Morgan fingerprint density at radius 2 is 1.59 bits per heavy atom. The van der Waals surface area contributed by atoms with Crippen molar-refractivity contribution in [2.45, 2.75) is 6.61 Å². The molecule has 2 rings (SSSR count). The van der Waals surface area contributed by atoms with Crippen molar-refractivity contribution in [1.29, 1.82) is 0 Å². The lowest BCUT2D eigenvalue weighted by molar-refractivity contribution is 0.300. The maximum absolute atomic E-state index is 13.4. The molecule has 0 aliphatic heterocycles. The third kappa shape index (κ3) is 2.87. The Bertz CT molecular complexity index is 511. The minimum Gasteiger partial charge on any atom is -0.489 e. The van der Waals surface area contributed by atoms with E-state index in [1.54, 1.807) is 36.4 Å².